The van der Waals surface area contributed by atoms with Gasteiger partial charge in [-0.25, -0.2) is 0 Å². The second-order valence-electron chi connectivity index (χ2n) is 3.22. The normalized spacial score (nSPS) is 11.0. The Morgan fingerprint density at radius 1 is 1.42 bits per heavy atom. The highest BCUT2D eigenvalue weighted by atomic mass is 16.5. The van der Waals surface area contributed by atoms with Gasteiger partial charge in [-0.05, 0) is 0 Å². The number of rotatable bonds is 4. The molecule has 0 bridgehead atoms. The number of carbonyl (C=O) groups is 2. The van der Waals surface area contributed by atoms with E-state index in [1.165, 1.54) is 7.11 Å². The van der Waals surface area contributed by atoms with Crippen LogP contribution in [0, 0.1) is 5.41 Å². The van der Waals surface area contributed by atoms with E-state index < -0.39 is 11.4 Å². The molecule has 12 heavy (non-hydrogen) atoms. The molecule has 0 aliphatic rings. The van der Waals surface area contributed by atoms with Crippen LogP contribution in [0.1, 0.15) is 20.3 Å². The van der Waals surface area contributed by atoms with Gasteiger partial charge in [0.15, 0.2) is 5.78 Å². The van der Waals surface area contributed by atoms with Crippen LogP contribution < -0.4 is 0 Å². The van der Waals surface area contributed by atoms with Crippen molar-refractivity contribution in [3.05, 3.63) is 0 Å². The molecule has 0 unspecified atom stereocenters. The van der Waals surface area contributed by atoms with E-state index in [9.17, 15) is 9.59 Å². The lowest BCUT2D eigenvalue weighted by Gasteiger charge is -2.18. The van der Waals surface area contributed by atoms with Crippen LogP contribution in [0.3, 0.4) is 0 Å². The summed E-state index contributed by atoms with van der Waals surface area (Å²) >= 11 is 0. The molecule has 0 rings (SSSR count). The topological polar surface area (TPSA) is 63.6 Å². The predicted octanol–water partition coefficient (Wildman–Crippen LogP) is 0.137. The van der Waals surface area contributed by atoms with E-state index in [1.54, 1.807) is 13.8 Å². The minimum atomic E-state index is -0.853. The molecule has 70 valence electrons. The molecular weight excluding hydrogens is 160 g/mol. The van der Waals surface area contributed by atoms with Gasteiger partial charge in [-0.15, -0.1) is 0 Å². The second kappa shape index (κ2) is 4.21. The monoisotopic (exact) mass is 174 g/mol. The van der Waals surface area contributed by atoms with Crippen molar-refractivity contribution in [3.8, 4) is 0 Å². The van der Waals surface area contributed by atoms with Crippen LogP contribution >= 0.6 is 0 Å². The SMILES string of the molecule is COC(=O)CC(=O)C(C)(C)CO. The number of ether oxygens (including phenoxy) is 1. The first-order chi connectivity index (χ1) is 5.44. The van der Waals surface area contributed by atoms with Gasteiger partial charge in [-0.3, -0.25) is 9.59 Å². The van der Waals surface area contributed by atoms with Gasteiger partial charge in [0.1, 0.15) is 6.42 Å². The average molecular weight is 174 g/mol. The third-order valence-electron chi connectivity index (χ3n) is 1.68. The van der Waals surface area contributed by atoms with Crippen molar-refractivity contribution >= 4 is 11.8 Å². The molecular formula is C8H14O4. The number of hydrogen-bond donors (Lipinski definition) is 1. The van der Waals surface area contributed by atoms with E-state index in [1.807, 2.05) is 0 Å². The van der Waals surface area contributed by atoms with Crippen molar-refractivity contribution in [1.29, 1.82) is 0 Å². The molecule has 0 amide bonds. The number of ketones is 1. The Morgan fingerprint density at radius 3 is 2.25 bits per heavy atom. The van der Waals surface area contributed by atoms with E-state index in [4.69, 9.17) is 5.11 Å². The first kappa shape index (κ1) is 11.1. The Morgan fingerprint density at radius 2 is 1.92 bits per heavy atom. The van der Waals surface area contributed by atoms with Gasteiger partial charge in [0.25, 0.3) is 0 Å². The second-order valence-corrected chi connectivity index (χ2v) is 3.22. The minimum absolute atomic E-state index is 0.261. The summed E-state index contributed by atoms with van der Waals surface area (Å²) in [5.74, 6) is -0.877. The Labute approximate surface area is 71.5 Å². The summed E-state index contributed by atoms with van der Waals surface area (Å²) in [6.45, 7) is 2.90. The molecule has 0 aromatic rings. The van der Waals surface area contributed by atoms with Gasteiger partial charge in [-0.1, -0.05) is 13.8 Å². The maximum absolute atomic E-state index is 11.2. The third kappa shape index (κ3) is 3.00. The van der Waals surface area contributed by atoms with Crippen LogP contribution in [0.15, 0.2) is 0 Å². The Balaban J connectivity index is 4.13. The van der Waals surface area contributed by atoms with Crippen LogP contribution in [0.4, 0.5) is 0 Å². The molecule has 0 saturated carbocycles. The maximum Gasteiger partial charge on any atom is 0.313 e. The van der Waals surface area contributed by atoms with Crippen LogP contribution in [-0.4, -0.2) is 30.6 Å². The molecule has 0 aliphatic heterocycles. The number of carbonyl (C=O) groups excluding carboxylic acids is 2. The van der Waals surface area contributed by atoms with E-state index in [2.05, 4.69) is 4.74 Å². The number of esters is 1. The fraction of sp³-hybridized carbons (Fsp3) is 0.750. The third-order valence-corrected chi connectivity index (χ3v) is 1.68. The first-order valence-corrected chi connectivity index (χ1v) is 3.65. The zero-order valence-corrected chi connectivity index (χ0v) is 7.59. The minimum Gasteiger partial charge on any atom is -0.469 e. The highest BCUT2D eigenvalue weighted by Gasteiger charge is 2.28. The zero-order chi connectivity index (χ0) is 9.78. The Bertz CT molecular complexity index is 183. The van der Waals surface area contributed by atoms with E-state index >= 15 is 0 Å². The lowest BCUT2D eigenvalue weighted by molar-refractivity contribution is -0.146. The van der Waals surface area contributed by atoms with Crippen molar-refractivity contribution in [3.63, 3.8) is 0 Å². The largest absolute Gasteiger partial charge is 0.469 e. The molecule has 1 N–H and O–H groups in total. The number of Topliss-reactive ketones (excluding diaryl/α,β-unsaturated/α-hetero) is 1. The van der Waals surface area contributed by atoms with Gasteiger partial charge in [0.2, 0.25) is 0 Å². The fourth-order valence-electron chi connectivity index (χ4n) is 0.531. The molecule has 4 heteroatoms. The number of hydrogen-bond acceptors (Lipinski definition) is 4. The zero-order valence-electron chi connectivity index (χ0n) is 7.59. The summed E-state index contributed by atoms with van der Waals surface area (Å²) in [7, 11) is 1.22. The summed E-state index contributed by atoms with van der Waals surface area (Å²) in [5.41, 5.74) is -0.853. The highest BCUT2D eigenvalue weighted by Crippen LogP contribution is 2.17. The lowest BCUT2D eigenvalue weighted by Crippen LogP contribution is -2.30. The first-order valence-electron chi connectivity index (χ1n) is 3.65. The predicted molar refractivity (Wildman–Crippen MR) is 42.5 cm³/mol. The van der Waals surface area contributed by atoms with Crippen LogP contribution in [0.25, 0.3) is 0 Å². The Kier molecular flexibility index (Phi) is 3.89. The van der Waals surface area contributed by atoms with Gasteiger partial charge in [0, 0.05) is 5.41 Å². The maximum atomic E-state index is 11.2. The number of aliphatic hydroxyl groups is 1. The van der Waals surface area contributed by atoms with Crippen molar-refractivity contribution < 1.29 is 19.4 Å². The Hall–Kier alpha value is -0.900. The van der Waals surface area contributed by atoms with E-state index in [0.29, 0.717) is 0 Å². The highest BCUT2D eigenvalue weighted by molar-refractivity contribution is 5.98. The fourth-order valence-corrected chi connectivity index (χ4v) is 0.531. The van der Waals surface area contributed by atoms with Gasteiger partial charge >= 0.3 is 5.97 Å². The molecule has 0 radical (unpaired) electrons. The van der Waals surface area contributed by atoms with Crippen molar-refractivity contribution in [1.82, 2.24) is 0 Å². The molecule has 0 fully saturated rings. The number of methoxy groups -OCH3 is 1. The molecule has 0 spiro atoms. The number of aliphatic hydroxyl groups excluding tert-OH is 1. The standard InChI is InChI=1S/C8H14O4/c1-8(2,5-9)6(10)4-7(11)12-3/h9H,4-5H2,1-3H3. The summed E-state index contributed by atoms with van der Waals surface area (Å²) < 4.78 is 4.32. The molecule has 0 heterocycles. The van der Waals surface area contributed by atoms with Crippen LogP contribution in [0.2, 0.25) is 0 Å². The van der Waals surface area contributed by atoms with Crippen LogP contribution in [-0.2, 0) is 14.3 Å². The molecule has 4 nitrogen and oxygen atoms in total. The van der Waals surface area contributed by atoms with Gasteiger partial charge in [-0.2, -0.15) is 0 Å². The molecule has 0 aliphatic carbocycles. The lowest BCUT2D eigenvalue weighted by atomic mass is 9.87. The summed E-state index contributed by atoms with van der Waals surface area (Å²) in [6.07, 6.45) is -0.274. The smallest absolute Gasteiger partial charge is 0.313 e. The molecule has 0 aromatic carbocycles. The van der Waals surface area contributed by atoms with E-state index in [-0.39, 0.29) is 18.8 Å². The molecule has 0 saturated heterocycles. The summed E-state index contributed by atoms with van der Waals surface area (Å²) in [5, 5.41) is 8.78. The van der Waals surface area contributed by atoms with Crippen molar-refractivity contribution in [2.75, 3.05) is 13.7 Å². The van der Waals surface area contributed by atoms with Crippen LogP contribution in [0.5, 0.6) is 0 Å². The van der Waals surface area contributed by atoms with Crippen molar-refractivity contribution in [2.24, 2.45) is 5.41 Å². The summed E-state index contributed by atoms with van der Waals surface area (Å²) in [6, 6.07) is 0. The molecule has 0 aromatic heterocycles. The van der Waals surface area contributed by atoms with E-state index in [0.717, 1.165) is 0 Å². The van der Waals surface area contributed by atoms with Gasteiger partial charge in [0.05, 0.1) is 13.7 Å². The molecule has 0 atom stereocenters. The average Bonchev–Trinajstić information content (AvgIpc) is 2.04. The van der Waals surface area contributed by atoms with Gasteiger partial charge < -0.3 is 9.84 Å². The van der Waals surface area contributed by atoms with Crippen molar-refractivity contribution in [2.45, 2.75) is 20.3 Å². The quantitative estimate of drug-likeness (QED) is 0.486. The summed E-state index contributed by atoms with van der Waals surface area (Å²) in [4.78, 5) is 21.9.